The molecule has 0 aromatic carbocycles. The zero-order valence-corrected chi connectivity index (χ0v) is 12.9. The van der Waals surface area contributed by atoms with Crippen LogP contribution in [0.15, 0.2) is 4.99 Å². The predicted molar refractivity (Wildman–Crippen MR) is 80.3 cm³/mol. The topological polar surface area (TPSA) is 65.5 Å². The lowest BCUT2D eigenvalue weighted by Gasteiger charge is -2.20. The molecule has 0 aliphatic rings. The summed E-state index contributed by atoms with van der Waals surface area (Å²) < 4.78 is 0.139. The smallest absolute Gasteiger partial charge is 0.216 e. The van der Waals surface area contributed by atoms with Gasteiger partial charge in [0, 0.05) is 31.3 Å². The molecule has 6 heteroatoms. The van der Waals surface area contributed by atoms with E-state index >= 15 is 0 Å². The molecule has 0 heterocycles. The second kappa shape index (κ2) is 9.08. The number of guanidine groups is 1. The van der Waals surface area contributed by atoms with Crippen molar-refractivity contribution in [2.75, 3.05) is 32.4 Å². The fourth-order valence-corrected chi connectivity index (χ4v) is 1.29. The van der Waals surface area contributed by atoms with E-state index in [4.69, 9.17) is 0 Å². The highest BCUT2D eigenvalue weighted by Crippen LogP contribution is 2.20. The molecule has 0 atom stereocenters. The summed E-state index contributed by atoms with van der Waals surface area (Å²) in [5, 5.41) is 9.11. The summed E-state index contributed by atoms with van der Waals surface area (Å²) in [6.07, 6.45) is 2.09. The van der Waals surface area contributed by atoms with Crippen LogP contribution in [0, 0.1) is 0 Å². The Kier molecular flexibility index (Phi) is 8.62. The van der Waals surface area contributed by atoms with Crippen LogP contribution in [0.4, 0.5) is 0 Å². The van der Waals surface area contributed by atoms with E-state index in [1.807, 2.05) is 6.92 Å². The van der Waals surface area contributed by atoms with Gasteiger partial charge in [0.25, 0.3) is 0 Å². The van der Waals surface area contributed by atoms with Crippen LogP contribution in [-0.2, 0) is 4.79 Å². The first-order valence-corrected chi connectivity index (χ1v) is 7.45. The average Bonchev–Trinajstić information content (AvgIpc) is 2.31. The maximum Gasteiger partial charge on any atom is 0.216 e. The first kappa shape index (κ1) is 17.1. The molecule has 0 rings (SSSR count). The van der Waals surface area contributed by atoms with Crippen LogP contribution in [0.25, 0.3) is 0 Å². The molecule has 0 fully saturated rings. The minimum atomic E-state index is -0.0118. The minimum absolute atomic E-state index is 0.0118. The Hall–Kier alpha value is -0.910. The van der Waals surface area contributed by atoms with E-state index in [0.29, 0.717) is 13.1 Å². The van der Waals surface area contributed by atoms with Gasteiger partial charge in [-0.15, -0.1) is 0 Å². The Morgan fingerprint density at radius 2 is 1.83 bits per heavy atom. The number of rotatable bonds is 7. The summed E-state index contributed by atoms with van der Waals surface area (Å²) in [6, 6.07) is 0. The molecule has 0 bridgehead atoms. The van der Waals surface area contributed by atoms with Gasteiger partial charge in [0.05, 0.1) is 6.54 Å². The van der Waals surface area contributed by atoms with E-state index < -0.39 is 0 Å². The van der Waals surface area contributed by atoms with Crippen LogP contribution in [-0.4, -0.2) is 49.0 Å². The summed E-state index contributed by atoms with van der Waals surface area (Å²) in [5.41, 5.74) is 0. The summed E-state index contributed by atoms with van der Waals surface area (Å²) in [6.45, 7) is 10.7. The molecule has 5 nitrogen and oxygen atoms in total. The molecule has 0 saturated heterocycles. The number of nitrogens with zero attached hydrogens (tertiary/aromatic N) is 1. The first-order chi connectivity index (χ1) is 8.41. The van der Waals surface area contributed by atoms with Crippen molar-refractivity contribution in [1.82, 2.24) is 16.0 Å². The van der Waals surface area contributed by atoms with Crippen molar-refractivity contribution >= 4 is 23.6 Å². The van der Waals surface area contributed by atoms with Gasteiger partial charge < -0.3 is 16.0 Å². The summed E-state index contributed by atoms with van der Waals surface area (Å²) >= 11 is 1.80. The van der Waals surface area contributed by atoms with Crippen molar-refractivity contribution in [2.24, 2.45) is 4.99 Å². The van der Waals surface area contributed by atoms with E-state index in [1.165, 1.54) is 6.92 Å². The lowest BCUT2D eigenvalue weighted by molar-refractivity contribution is -0.118. The number of amides is 1. The maximum absolute atomic E-state index is 10.7. The second-order valence-corrected chi connectivity index (χ2v) is 6.08. The highest BCUT2D eigenvalue weighted by molar-refractivity contribution is 7.99. The zero-order valence-electron chi connectivity index (χ0n) is 12.1. The number of thioether (sulfide) groups is 1. The summed E-state index contributed by atoms with van der Waals surface area (Å²) in [5.74, 6) is 0.784. The molecule has 0 aromatic heterocycles. The highest BCUT2D eigenvalue weighted by Gasteiger charge is 2.15. The van der Waals surface area contributed by atoms with Gasteiger partial charge in [0.1, 0.15) is 0 Å². The van der Waals surface area contributed by atoms with Gasteiger partial charge in [-0.25, -0.2) is 0 Å². The van der Waals surface area contributed by atoms with Crippen LogP contribution >= 0.6 is 11.8 Å². The van der Waals surface area contributed by atoms with Gasteiger partial charge in [-0.1, -0.05) is 0 Å². The van der Waals surface area contributed by atoms with Gasteiger partial charge in [0.2, 0.25) is 5.91 Å². The van der Waals surface area contributed by atoms with Crippen molar-refractivity contribution in [3.8, 4) is 0 Å². The lowest BCUT2D eigenvalue weighted by Crippen LogP contribution is -2.42. The third kappa shape index (κ3) is 9.15. The number of hydrogen-bond donors (Lipinski definition) is 3. The number of carbonyl (C=O) groups is 1. The molecule has 0 aromatic rings. The predicted octanol–water partition coefficient (Wildman–Crippen LogP) is 0.819. The number of carbonyl (C=O) groups excluding carboxylic acids is 1. The number of hydrogen-bond acceptors (Lipinski definition) is 3. The zero-order chi connectivity index (χ0) is 14.0. The van der Waals surface area contributed by atoms with Crippen LogP contribution in [0.3, 0.4) is 0 Å². The van der Waals surface area contributed by atoms with Gasteiger partial charge in [-0.05, 0) is 27.0 Å². The Morgan fingerprint density at radius 1 is 1.22 bits per heavy atom. The molecule has 0 saturated carbocycles. The molecular weight excluding hydrogens is 248 g/mol. The van der Waals surface area contributed by atoms with Crippen molar-refractivity contribution in [3.05, 3.63) is 0 Å². The highest BCUT2D eigenvalue weighted by atomic mass is 32.2. The SMILES string of the molecule is CCNC(=NCC(C)(C)SC)NCCNC(C)=O. The fourth-order valence-electron chi connectivity index (χ4n) is 1.10. The molecule has 0 radical (unpaired) electrons. The molecule has 0 aliphatic heterocycles. The van der Waals surface area contributed by atoms with Gasteiger partial charge >= 0.3 is 0 Å². The van der Waals surface area contributed by atoms with Crippen LogP contribution in [0.1, 0.15) is 27.7 Å². The molecule has 0 spiro atoms. The largest absolute Gasteiger partial charge is 0.357 e. The van der Waals surface area contributed by atoms with Crippen molar-refractivity contribution < 1.29 is 4.79 Å². The van der Waals surface area contributed by atoms with Gasteiger partial charge in [-0.2, -0.15) is 11.8 Å². The quantitative estimate of drug-likeness (QED) is 0.365. The number of nitrogens with one attached hydrogen (secondary N) is 3. The fraction of sp³-hybridized carbons (Fsp3) is 0.833. The Balaban J connectivity index is 4.12. The summed E-state index contributed by atoms with van der Waals surface area (Å²) in [4.78, 5) is 15.3. The maximum atomic E-state index is 10.7. The van der Waals surface area contributed by atoms with Gasteiger partial charge in [0.15, 0.2) is 5.96 Å². The molecule has 3 N–H and O–H groups in total. The molecule has 18 heavy (non-hydrogen) atoms. The second-order valence-electron chi connectivity index (χ2n) is 4.57. The van der Waals surface area contributed by atoms with E-state index in [2.05, 4.69) is 41.0 Å². The lowest BCUT2D eigenvalue weighted by atomic mass is 10.2. The Labute approximate surface area is 115 Å². The monoisotopic (exact) mass is 274 g/mol. The van der Waals surface area contributed by atoms with E-state index in [-0.39, 0.29) is 10.7 Å². The van der Waals surface area contributed by atoms with E-state index in [1.54, 1.807) is 11.8 Å². The van der Waals surface area contributed by atoms with Crippen molar-refractivity contribution in [1.29, 1.82) is 0 Å². The van der Waals surface area contributed by atoms with Crippen LogP contribution in [0.2, 0.25) is 0 Å². The third-order valence-corrected chi connectivity index (χ3v) is 3.54. The number of aliphatic imine (C=N–C) groups is 1. The van der Waals surface area contributed by atoms with Crippen LogP contribution < -0.4 is 16.0 Å². The normalized spacial score (nSPS) is 12.2. The minimum Gasteiger partial charge on any atom is -0.357 e. The molecular formula is C12H26N4OS. The van der Waals surface area contributed by atoms with Crippen molar-refractivity contribution in [2.45, 2.75) is 32.4 Å². The third-order valence-electron chi connectivity index (χ3n) is 2.31. The standard InChI is InChI=1S/C12H26N4OS/c1-6-13-11(15-8-7-14-10(2)17)16-9-12(3,4)18-5/h6-9H2,1-5H3,(H,14,17)(H2,13,15,16). The molecule has 0 unspecified atom stereocenters. The van der Waals surface area contributed by atoms with E-state index in [0.717, 1.165) is 19.0 Å². The molecule has 0 aliphatic carbocycles. The Morgan fingerprint density at radius 3 is 2.33 bits per heavy atom. The van der Waals surface area contributed by atoms with Gasteiger partial charge in [-0.3, -0.25) is 9.79 Å². The van der Waals surface area contributed by atoms with Crippen LogP contribution in [0.5, 0.6) is 0 Å². The van der Waals surface area contributed by atoms with E-state index in [9.17, 15) is 4.79 Å². The Bertz CT molecular complexity index is 279. The van der Waals surface area contributed by atoms with Crippen molar-refractivity contribution in [3.63, 3.8) is 0 Å². The molecule has 1 amide bonds. The summed E-state index contributed by atoms with van der Waals surface area (Å²) in [7, 11) is 0. The first-order valence-electron chi connectivity index (χ1n) is 6.23. The molecule has 106 valence electrons. The average molecular weight is 274 g/mol.